The van der Waals surface area contributed by atoms with Crippen LogP contribution in [0.2, 0.25) is 0 Å². The minimum Gasteiger partial charge on any atom is -0.447 e. The van der Waals surface area contributed by atoms with Gasteiger partial charge < -0.3 is 14.6 Å². The van der Waals surface area contributed by atoms with E-state index < -0.39 is 10.0 Å². The first-order chi connectivity index (χ1) is 9.95. The lowest BCUT2D eigenvalue weighted by Crippen LogP contribution is -2.34. The van der Waals surface area contributed by atoms with Gasteiger partial charge >= 0.3 is 0 Å². The van der Waals surface area contributed by atoms with Crippen molar-refractivity contribution in [3.05, 3.63) is 17.9 Å². The van der Waals surface area contributed by atoms with Crippen LogP contribution >= 0.6 is 0 Å². The molecule has 0 saturated carbocycles. The third-order valence-corrected chi connectivity index (χ3v) is 4.70. The van der Waals surface area contributed by atoms with Gasteiger partial charge in [0.15, 0.2) is 0 Å². The first-order valence-electron chi connectivity index (χ1n) is 7.50. The van der Waals surface area contributed by atoms with Crippen molar-refractivity contribution in [2.24, 2.45) is 11.1 Å². The van der Waals surface area contributed by atoms with Gasteiger partial charge in [-0.2, -0.15) is 0 Å². The summed E-state index contributed by atoms with van der Waals surface area (Å²) in [5, 5.41) is 8.07. The van der Waals surface area contributed by atoms with Crippen molar-refractivity contribution in [2.75, 3.05) is 26.2 Å². The third kappa shape index (κ3) is 5.43. The Hall–Kier alpha value is -0.890. The van der Waals surface area contributed by atoms with Gasteiger partial charge in [0.1, 0.15) is 5.76 Å². The van der Waals surface area contributed by atoms with Gasteiger partial charge in [0.25, 0.3) is 10.0 Å². The Balaban J connectivity index is 1.61. The molecule has 0 spiro atoms. The van der Waals surface area contributed by atoms with E-state index >= 15 is 0 Å². The lowest BCUT2D eigenvalue weighted by atomic mass is 9.99. The molecule has 1 fully saturated rings. The number of likely N-dealkylation sites (tertiary alicyclic amines) is 1. The summed E-state index contributed by atoms with van der Waals surface area (Å²) < 4.78 is 27.3. The van der Waals surface area contributed by atoms with Crippen LogP contribution in [0, 0.1) is 5.92 Å². The van der Waals surface area contributed by atoms with Crippen LogP contribution in [-0.2, 0) is 16.6 Å². The van der Waals surface area contributed by atoms with Crippen molar-refractivity contribution in [3.63, 3.8) is 0 Å². The van der Waals surface area contributed by atoms with Gasteiger partial charge in [-0.3, -0.25) is 0 Å². The van der Waals surface area contributed by atoms with Crippen LogP contribution in [0.1, 0.15) is 31.9 Å². The predicted molar refractivity (Wildman–Crippen MR) is 81.2 cm³/mol. The van der Waals surface area contributed by atoms with Gasteiger partial charge in [-0.25, -0.2) is 13.6 Å². The van der Waals surface area contributed by atoms with Gasteiger partial charge in [-0.15, -0.1) is 0 Å². The highest BCUT2D eigenvalue weighted by molar-refractivity contribution is 7.89. The Morgan fingerprint density at radius 2 is 2.10 bits per heavy atom. The zero-order valence-electron chi connectivity index (χ0n) is 12.5. The average Bonchev–Trinajstić information content (AvgIpc) is 2.89. The topological polar surface area (TPSA) is 88.6 Å². The molecule has 3 N–H and O–H groups in total. The van der Waals surface area contributed by atoms with E-state index in [0.717, 1.165) is 25.4 Å². The Morgan fingerprint density at radius 1 is 1.38 bits per heavy atom. The van der Waals surface area contributed by atoms with E-state index in [2.05, 4.69) is 17.1 Å². The number of furan rings is 1. The molecule has 1 aromatic rings. The fourth-order valence-corrected chi connectivity index (χ4v) is 3.01. The van der Waals surface area contributed by atoms with E-state index in [4.69, 9.17) is 9.56 Å². The van der Waals surface area contributed by atoms with Crippen LogP contribution < -0.4 is 10.5 Å². The normalized spacial score (nSPS) is 18.2. The van der Waals surface area contributed by atoms with Crippen LogP contribution in [0.3, 0.4) is 0 Å². The highest BCUT2D eigenvalue weighted by atomic mass is 32.2. The molecule has 120 valence electrons. The number of nitrogens with two attached hydrogens (primary N) is 1. The largest absolute Gasteiger partial charge is 0.447 e. The maximum atomic E-state index is 11.1. The Morgan fingerprint density at radius 3 is 2.71 bits per heavy atom. The van der Waals surface area contributed by atoms with Crippen molar-refractivity contribution in [3.8, 4) is 0 Å². The van der Waals surface area contributed by atoms with Crippen molar-refractivity contribution in [2.45, 2.75) is 37.8 Å². The zero-order valence-corrected chi connectivity index (χ0v) is 13.4. The summed E-state index contributed by atoms with van der Waals surface area (Å²) in [4.78, 5) is 2.51. The highest BCUT2D eigenvalue weighted by Crippen LogP contribution is 2.15. The van der Waals surface area contributed by atoms with Crippen LogP contribution in [0.4, 0.5) is 0 Å². The van der Waals surface area contributed by atoms with Gasteiger partial charge in [0, 0.05) is 0 Å². The SMILES string of the molecule is CC1CCN(CCCNCc2ccc(S(N)(=O)=O)o2)CC1. The van der Waals surface area contributed by atoms with E-state index in [9.17, 15) is 8.42 Å². The highest BCUT2D eigenvalue weighted by Gasteiger charge is 2.15. The first kappa shape index (κ1) is 16.5. The Labute approximate surface area is 126 Å². The van der Waals surface area contributed by atoms with Crippen LogP contribution in [0.25, 0.3) is 0 Å². The van der Waals surface area contributed by atoms with Crippen molar-refractivity contribution < 1.29 is 12.8 Å². The summed E-state index contributed by atoms with van der Waals surface area (Å²) in [6.45, 7) is 7.25. The molecule has 1 aromatic heterocycles. The molecule has 2 rings (SSSR count). The van der Waals surface area contributed by atoms with Crippen LogP contribution in [-0.4, -0.2) is 39.5 Å². The molecular formula is C14H25N3O3S. The van der Waals surface area contributed by atoms with Gasteiger partial charge in [0.05, 0.1) is 6.54 Å². The smallest absolute Gasteiger partial charge is 0.271 e. The number of nitrogens with zero attached hydrogens (tertiary/aromatic N) is 1. The standard InChI is InChI=1S/C14H25N3O3S/c1-12-5-9-17(10-6-12)8-2-7-16-11-13-3-4-14(20-13)21(15,18)19/h3-4,12,16H,2,5-11H2,1H3,(H2,15,18,19). The quantitative estimate of drug-likeness (QED) is 0.737. The second-order valence-electron chi connectivity index (χ2n) is 5.82. The number of nitrogens with one attached hydrogen (secondary N) is 1. The fourth-order valence-electron chi connectivity index (χ4n) is 2.53. The number of rotatable bonds is 7. The number of primary sulfonamides is 1. The molecule has 0 aromatic carbocycles. The number of sulfonamides is 1. The first-order valence-corrected chi connectivity index (χ1v) is 9.04. The van der Waals surface area contributed by atoms with E-state index in [1.54, 1.807) is 6.07 Å². The Bertz CT molecular complexity index is 533. The molecule has 6 nitrogen and oxygen atoms in total. The lowest BCUT2D eigenvalue weighted by molar-refractivity contribution is 0.190. The zero-order chi connectivity index (χ0) is 15.3. The molecule has 21 heavy (non-hydrogen) atoms. The number of piperidine rings is 1. The van der Waals surface area contributed by atoms with Crippen molar-refractivity contribution >= 4 is 10.0 Å². The summed E-state index contributed by atoms with van der Waals surface area (Å²) in [5.41, 5.74) is 0. The maximum Gasteiger partial charge on any atom is 0.271 e. The number of hydrogen-bond acceptors (Lipinski definition) is 5. The van der Waals surface area contributed by atoms with Crippen LogP contribution in [0.5, 0.6) is 0 Å². The molecule has 1 aliphatic heterocycles. The summed E-state index contributed by atoms with van der Waals surface area (Å²) >= 11 is 0. The maximum absolute atomic E-state index is 11.1. The predicted octanol–water partition coefficient (Wildman–Crippen LogP) is 1.14. The molecular weight excluding hydrogens is 290 g/mol. The average molecular weight is 315 g/mol. The van der Waals surface area contributed by atoms with E-state index in [1.807, 2.05) is 0 Å². The van der Waals surface area contributed by atoms with Gasteiger partial charge in [-0.05, 0) is 63.5 Å². The number of hydrogen-bond donors (Lipinski definition) is 2. The molecule has 0 aliphatic carbocycles. The molecule has 0 radical (unpaired) electrons. The second kappa shape index (κ2) is 7.40. The van der Waals surface area contributed by atoms with E-state index in [0.29, 0.717) is 12.3 Å². The molecule has 0 amide bonds. The molecule has 2 heterocycles. The van der Waals surface area contributed by atoms with E-state index in [1.165, 1.54) is 32.0 Å². The molecule has 0 atom stereocenters. The monoisotopic (exact) mass is 315 g/mol. The van der Waals surface area contributed by atoms with Crippen molar-refractivity contribution in [1.29, 1.82) is 0 Å². The Kier molecular flexibility index (Phi) is 5.80. The molecule has 1 aliphatic rings. The van der Waals surface area contributed by atoms with E-state index in [-0.39, 0.29) is 5.09 Å². The molecule has 0 unspecified atom stereocenters. The summed E-state index contributed by atoms with van der Waals surface area (Å²) in [5.74, 6) is 1.46. The lowest BCUT2D eigenvalue weighted by Gasteiger charge is -2.30. The van der Waals surface area contributed by atoms with Gasteiger partial charge in [-0.1, -0.05) is 6.92 Å². The minimum atomic E-state index is -3.74. The summed E-state index contributed by atoms with van der Waals surface area (Å²) in [6.07, 6.45) is 3.68. The van der Waals surface area contributed by atoms with Crippen LogP contribution in [0.15, 0.2) is 21.6 Å². The third-order valence-electron chi connectivity index (χ3n) is 3.92. The second-order valence-corrected chi connectivity index (χ2v) is 7.31. The summed E-state index contributed by atoms with van der Waals surface area (Å²) in [7, 11) is -3.74. The molecule has 0 bridgehead atoms. The fraction of sp³-hybridized carbons (Fsp3) is 0.714. The van der Waals surface area contributed by atoms with Gasteiger partial charge in [0.2, 0.25) is 5.09 Å². The minimum absolute atomic E-state index is 0.179. The molecule has 1 saturated heterocycles. The molecule has 7 heteroatoms. The summed E-state index contributed by atoms with van der Waals surface area (Å²) in [6, 6.07) is 3.03. The van der Waals surface area contributed by atoms with Crippen molar-refractivity contribution in [1.82, 2.24) is 10.2 Å².